The smallest absolute Gasteiger partial charge is 0.239 e. The number of ether oxygens (including phenoxy) is 1. The van der Waals surface area contributed by atoms with E-state index in [4.69, 9.17) is 15.6 Å². The van der Waals surface area contributed by atoms with Gasteiger partial charge in [0.1, 0.15) is 0 Å². The Kier molecular flexibility index (Phi) is 4.29. The van der Waals surface area contributed by atoms with E-state index in [0.29, 0.717) is 19.5 Å². The van der Waals surface area contributed by atoms with Gasteiger partial charge in [0.2, 0.25) is 5.91 Å². The standard InChI is InChI=1S/C11H22N2O3/c1-4-9(12)10(15)13-5-8(6-14)16-11(2,3)7-13/h8-9,14H,4-7,12H2,1-3H3. The van der Waals surface area contributed by atoms with E-state index in [-0.39, 0.29) is 18.6 Å². The first-order valence-corrected chi connectivity index (χ1v) is 5.72. The molecule has 1 aliphatic heterocycles. The van der Waals surface area contributed by atoms with Gasteiger partial charge in [-0.05, 0) is 20.3 Å². The summed E-state index contributed by atoms with van der Waals surface area (Å²) in [5, 5.41) is 9.12. The molecule has 1 saturated heterocycles. The van der Waals surface area contributed by atoms with Crippen LogP contribution in [0.4, 0.5) is 0 Å². The SMILES string of the molecule is CCC(N)C(=O)N1CC(CO)OC(C)(C)C1. The summed E-state index contributed by atoms with van der Waals surface area (Å²) in [4.78, 5) is 13.6. The topological polar surface area (TPSA) is 75.8 Å². The highest BCUT2D eigenvalue weighted by Gasteiger charge is 2.36. The molecule has 5 heteroatoms. The Morgan fingerprint density at radius 1 is 1.69 bits per heavy atom. The Labute approximate surface area is 96.6 Å². The maximum Gasteiger partial charge on any atom is 0.239 e. The quantitative estimate of drug-likeness (QED) is 0.699. The largest absolute Gasteiger partial charge is 0.394 e. The molecule has 1 amide bonds. The number of amides is 1. The number of nitrogens with two attached hydrogens (primary N) is 1. The van der Waals surface area contributed by atoms with Crippen LogP contribution in [0.25, 0.3) is 0 Å². The first-order chi connectivity index (χ1) is 7.39. The van der Waals surface area contributed by atoms with E-state index in [0.717, 1.165) is 0 Å². The van der Waals surface area contributed by atoms with Crippen LogP contribution < -0.4 is 5.73 Å². The van der Waals surface area contributed by atoms with Crippen LogP contribution in [0.5, 0.6) is 0 Å². The summed E-state index contributed by atoms with van der Waals surface area (Å²) in [5.41, 5.74) is 5.31. The first-order valence-electron chi connectivity index (χ1n) is 5.72. The van der Waals surface area contributed by atoms with E-state index in [1.807, 2.05) is 20.8 Å². The maximum atomic E-state index is 11.9. The van der Waals surface area contributed by atoms with Gasteiger partial charge in [0.05, 0.1) is 24.4 Å². The van der Waals surface area contributed by atoms with Crippen LogP contribution in [0.1, 0.15) is 27.2 Å². The second-order valence-electron chi connectivity index (χ2n) is 4.92. The predicted octanol–water partition coefficient (Wildman–Crippen LogP) is -0.278. The van der Waals surface area contributed by atoms with Crippen molar-refractivity contribution in [2.75, 3.05) is 19.7 Å². The predicted molar refractivity (Wildman–Crippen MR) is 60.9 cm³/mol. The molecule has 3 N–H and O–H groups in total. The van der Waals surface area contributed by atoms with E-state index in [2.05, 4.69) is 0 Å². The molecule has 0 spiro atoms. The third-order valence-electron chi connectivity index (χ3n) is 2.75. The molecule has 2 atom stereocenters. The highest BCUT2D eigenvalue weighted by molar-refractivity contribution is 5.81. The van der Waals surface area contributed by atoms with Crippen LogP contribution in [0.2, 0.25) is 0 Å². The minimum absolute atomic E-state index is 0.0580. The van der Waals surface area contributed by atoms with Gasteiger partial charge in [-0.2, -0.15) is 0 Å². The van der Waals surface area contributed by atoms with Crippen molar-refractivity contribution in [1.82, 2.24) is 4.90 Å². The number of hydrogen-bond acceptors (Lipinski definition) is 4. The molecule has 0 aromatic carbocycles. The van der Waals surface area contributed by atoms with Crippen molar-refractivity contribution in [1.29, 1.82) is 0 Å². The average Bonchev–Trinajstić information content (AvgIpc) is 2.24. The van der Waals surface area contributed by atoms with Crippen molar-refractivity contribution in [2.45, 2.75) is 44.9 Å². The third-order valence-corrected chi connectivity index (χ3v) is 2.75. The van der Waals surface area contributed by atoms with Crippen LogP contribution in [-0.4, -0.2) is 53.4 Å². The number of rotatable bonds is 3. The zero-order valence-electron chi connectivity index (χ0n) is 10.3. The minimum Gasteiger partial charge on any atom is -0.394 e. The molecular weight excluding hydrogens is 208 g/mol. The summed E-state index contributed by atoms with van der Waals surface area (Å²) < 4.78 is 5.63. The highest BCUT2D eigenvalue weighted by Crippen LogP contribution is 2.21. The molecule has 0 aromatic heterocycles. The van der Waals surface area contributed by atoms with E-state index in [1.54, 1.807) is 4.90 Å². The monoisotopic (exact) mass is 230 g/mol. The lowest BCUT2D eigenvalue weighted by Crippen LogP contribution is -2.58. The lowest BCUT2D eigenvalue weighted by Gasteiger charge is -2.43. The summed E-state index contributed by atoms with van der Waals surface area (Å²) in [5.74, 6) is -0.0580. The number of aliphatic hydroxyl groups excluding tert-OH is 1. The maximum absolute atomic E-state index is 11.9. The van der Waals surface area contributed by atoms with E-state index >= 15 is 0 Å². The number of hydrogen-bond donors (Lipinski definition) is 2. The molecule has 0 aliphatic carbocycles. The van der Waals surface area contributed by atoms with Crippen molar-refractivity contribution in [3.05, 3.63) is 0 Å². The lowest BCUT2D eigenvalue weighted by molar-refractivity contribution is -0.167. The molecule has 0 bridgehead atoms. The van der Waals surface area contributed by atoms with Gasteiger partial charge in [0, 0.05) is 13.1 Å². The van der Waals surface area contributed by atoms with Gasteiger partial charge in [-0.1, -0.05) is 6.92 Å². The summed E-state index contributed by atoms with van der Waals surface area (Å²) in [7, 11) is 0. The van der Waals surface area contributed by atoms with Crippen molar-refractivity contribution in [3.63, 3.8) is 0 Å². The Morgan fingerprint density at radius 2 is 2.31 bits per heavy atom. The average molecular weight is 230 g/mol. The number of nitrogens with zero attached hydrogens (tertiary/aromatic N) is 1. The summed E-state index contributed by atoms with van der Waals surface area (Å²) in [6, 6.07) is -0.451. The molecule has 16 heavy (non-hydrogen) atoms. The summed E-state index contributed by atoms with van der Waals surface area (Å²) in [6.45, 7) is 6.58. The molecule has 1 rings (SSSR count). The molecule has 5 nitrogen and oxygen atoms in total. The third kappa shape index (κ3) is 3.17. The number of carbonyl (C=O) groups excluding carboxylic acids is 1. The van der Waals surface area contributed by atoms with Gasteiger partial charge in [0.15, 0.2) is 0 Å². The van der Waals surface area contributed by atoms with Crippen molar-refractivity contribution in [3.8, 4) is 0 Å². The zero-order chi connectivity index (χ0) is 12.3. The molecule has 0 aromatic rings. The lowest BCUT2D eigenvalue weighted by atomic mass is 10.0. The molecule has 2 unspecified atom stereocenters. The van der Waals surface area contributed by atoms with Crippen molar-refractivity contribution in [2.24, 2.45) is 5.73 Å². The molecule has 1 aliphatic rings. The van der Waals surface area contributed by atoms with Gasteiger partial charge < -0.3 is 20.5 Å². The molecule has 94 valence electrons. The Balaban J connectivity index is 2.69. The van der Waals surface area contributed by atoms with Crippen molar-refractivity contribution >= 4 is 5.91 Å². The van der Waals surface area contributed by atoms with Gasteiger partial charge in [-0.25, -0.2) is 0 Å². The van der Waals surface area contributed by atoms with Gasteiger partial charge in [-0.3, -0.25) is 4.79 Å². The second kappa shape index (κ2) is 5.12. The van der Waals surface area contributed by atoms with Crippen LogP contribution >= 0.6 is 0 Å². The van der Waals surface area contributed by atoms with Gasteiger partial charge >= 0.3 is 0 Å². The molecular formula is C11H22N2O3. The van der Waals surface area contributed by atoms with E-state index in [1.165, 1.54) is 0 Å². The van der Waals surface area contributed by atoms with E-state index in [9.17, 15) is 4.79 Å². The van der Waals surface area contributed by atoms with Crippen LogP contribution in [0, 0.1) is 0 Å². The fourth-order valence-corrected chi connectivity index (χ4v) is 1.97. The number of morpholine rings is 1. The molecule has 1 heterocycles. The fourth-order valence-electron chi connectivity index (χ4n) is 1.97. The van der Waals surface area contributed by atoms with Crippen LogP contribution in [0.15, 0.2) is 0 Å². The van der Waals surface area contributed by atoms with Crippen LogP contribution in [-0.2, 0) is 9.53 Å². The molecule has 0 saturated carbocycles. The zero-order valence-corrected chi connectivity index (χ0v) is 10.3. The van der Waals surface area contributed by atoms with E-state index < -0.39 is 11.6 Å². The number of aliphatic hydroxyl groups is 1. The Bertz CT molecular complexity index is 256. The summed E-state index contributed by atoms with van der Waals surface area (Å²) in [6.07, 6.45) is 0.317. The Hall–Kier alpha value is -0.650. The molecule has 0 radical (unpaired) electrons. The fraction of sp³-hybridized carbons (Fsp3) is 0.909. The first kappa shape index (κ1) is 13.4. The summed E-state index contributed by atoms with van der Waals surface area (Å²) >= 11 is 0. The van der Waals surface area contributed by atoms with Gasteiger partial charge in [-0.15, -0.1) is 0 Å². The number of carbonyl (C=O) groups is 1. The highest BCUT2D eigenvalue weighted by atomic mass is 16.5. The second-order valence-corrected chi connectivity index (χ2v) is 4.92. The normalized spacial score (nSPS) is 26.6. The van der Waals surface area contributed by atoms with Crippen molar-refractivity contribution < 1.29 is 14.6 Å². The minimum atomic E-state index is -0.451. The molecule has 1 fully saturated rings. The Morgan fingerprint density at radius 3 is 2.81 bits per heavy atom. The van der Waals surface area contributed by atoms with Crippen LogP contribution in [0.3, 0.4) is 0 Å². The van der Waals surface area contributed by atoms with Gasteiger partial charge in [0.25, 0.3) is 0 Å².